The second-order valence-electron chi connectivity index (χ2n) is 7.20. The Morgan fingerprint density at radius 3 is 2.62 bits per heavy atom. The van der Waals surface area contributed by atoms with Crippen LogP contribution in [0.5, 0.6) is 0 Å². The van der Waals surface area contributed by atoms with Gasteiger partial charge >= 0.3 is 5.97 Å². The number of aryl methyl sites for hydroxylation is 2. The quantitative estimate of drug-likeness (QED) is 0.784. The van der Waals surface area contributed by atoms with Crippen molar-refractivity contribution in [2.45, 2.75) is 52.0 Å². The molecule has 3 rings (SSSR count). The van der Waals surface area contributed by atoms with Crippen molar-refractivity contribution in [3.63, 3.8) is 0 Å². The normalized spacial score (nSPS) is 15.0. The average Bonchev–Trinajstić information content (AvgIpc) is 2.65. The minimum absolute atomic E-state index is 0.142. The lowest BCUT2D eigenvalue weighted by molar-refractivity contribution is -0.135. The zero-order chi connectivity index (χ0) is 18.7. The lowest BCUT2D eigenvalue weighted by Gasteiger charge is -2.31. The van der Waals surface area contributed by atoms with Crippen molar-refractivity contribution >= 4 is 22.8 Å². The number of likely N-dealkylation sites (N-methyl/N-ethyl adjacent to an activating group) is 1. The molecule has 0 saturated heterocycles. The standard InChI is InChI=1S/C21H26N2O3/c1-14-9-10-19-17(11-14)18(12-15(2)22-19)21(25)26-13-20(24)23(3)16-7-5-4-6-8-16/h9-12,16H,4-8,13H2,1-3H3. The highest BCUT2D eigenvalue weighted by atomic mass is 16.5. The minimum Gasteiger partial charge on any atom is -0.452 e. The van der Waals surface area contributed by atoms with Gasteiger partial charge in [0.1, 0.15) is 0 Å². The first-order valence-electron chi connectivity index (χ1n) is 9.26. The fourth-order valence-corrected chi connectivity index (χ4v) is 3.62. The molecule has 138 valence electrons. The number of aromatic nitrogens is 1. The van der Waals surface area contributed by atoms with Crippen LogP contribution in [0.2, 0.25) is 0 Å². The average molecular weight is 354 g/mol. The maximum absolute atomic E-state index is 12.6. The summed E-state index contributed by atoms with van der Waals surface area (Å²) in [6.07, 6.45) is 5.61. The van der Waals surface area contributed by atoms with Gasteiger partial charge in [-0.05, 0) is 44.9 Å². The smallest absolute Gasteiger partial charge is 0.339 e. The maximum Gasteiger partial charge on any atom is 0.339 e. The van der Waals surface area contributed by atoms with Gasteiger partial charge < -0.3 is 9.64 Å². The predicted octanol–water partition coefficient (Wildman–Crippen LogP) is 3.80. The summed E-state index contributed by atoms with van der Waals surface area (Å²) in [4.78, 5) is 31.2. The van der Waals surface area contributed by atoms with Gasteiger partial charge in [0.15, 0.2) is 6.61 Å². The summed E-state index contributed by atoms with van der Waals surface area (Å²) in [5, 5.41) is 0.758. The van der Waals surface area contributed by atoms with Gasteiger partial charge in [0, 0.05) is 24.2 Å². The molecule has 0 radical (unpaired) electrons. The number of amides is 1. The molecule has 1 saturated carbocycles. The molecule has 0 spiro atoms. The molecule has 1 aromatic heterocycles. The van der Waals surface area contributed by atoms with Crippen molar-refractivity contribution in [2.24, 2.45) is 0 Å². The Morgan fingerprint density at radius 2 is 1.88 bits per heavy atom. The van der Waals surface area contributed by atoms with E-state index in [-0.39, 0.29) is 18.6 Å². The number of hydrogen-bond donors (Lipinski definition) is 0. The van der Waals surface area contributed by atoms with Gasteiger partial charge in [-0.15, -0.1) is 0 Å². The summed E-state index contributed by atoms with van der Waals surface area (Å²) < 4.78 is 5.35. The first kappa shape index (κ1) is 18.4. The number of rotatable bonds is 4. The predicted molar refractivity (Wildman–Crippen MR) is 101 cm³/mol. The third kappa shape index (κ3) is 4.03. The van der Waals surface area contributed by atoms with Crippen LogP contribution in [-0.2, 0) is 9.53 Å². The van der Waals surface area contributed by atoms with E-state index in [9.17, 15) is 9.59 Å². The van der Waals surface area contributed by atoms with Crippen LogP contribution < -0.4 is 0 Å². The molecule has 5 heteroatoms. The highest BCUT2D eigenvalue weighted by molar-refractivity contribution is 6.04. The molecule has 0 N–H and O–H groups in total. The van der Waals surface area contributed by atoms with Gasteiger partial charge in [0.05, 0.1) is 11.1 Å². The lowest BCUT2D eigenvalue weighted by atomic mass is 9.94. The number of hydrogen-bond acceptors (Lipinski definition) is 4. The van der Waals surface area contributed by atoms with Gasteiger partial charge in [-0.25, -0.2) is 4.79 Å². The van der Waals surface area contributed by atoms with Gasteiger partial charge in [-0.3, -0.25) is 9.78 Å². The number of benzene rings is 1. The monoisotopic (exact) mass is 354 g/mol. The fraction of sp³-hybridized carbons (Fsp3) is 0.476. The summed E-state index contributed by atoms with van der Waals surface area (Å²) in [7, 11) is 1.81. The van der Waals surface area contributed by atoms with E-state index in [1.807, 2.05) is 39.1 Å². The largest absolute Gasteiger partial charge is 0.452 e. The summed E-state index contributed by atoms with van der Waals surface area (Å²) in [5.74, 6) is -0.618. The van der Waals surface area contributed by atoms with Crippen molar-refractivity contribution < 1.29 is 14.3 Å². The van der Waals surface area contributed by atoms with E-state index in [1.54, 1.807) is 11.0 Å². The van der Waals surface area contributed by atoms with E-state index in [0.717, 1.165) is 47.8 Å². The van der Waals surface area contributed by atoms with Crippen molar-refractivity contribution in [1.29, 1.82) is 0 Å². The van der Waals surface area contributed by atoms with Crippen LogP contribution in [0.1, 0.15) is 53.7 Å². The topological polar surface area (TPSA) is 59.5 Å². The van der Waals surface area contributed by atoms with Gasteiger partial charge in [0.2, 0.25) is 0 Å². The van der Waals surface area contributed by atoms with Crippen molar-refractivity contribution in [3.05, 3.63) is 41.1 Å². The first-order chi connectivity index (χ1) is 12.5. The summed E-state index contributed by atoms with van der Waals surface area (Å²) >= 11 is 0. The second kappa shape index (κ2) is 7.85. The SMILES string of the molecule is Cc1ccc2nc(C)cc(C(=O)OCC(=O)N(C)C3CCCCC3)c2c1. The van der Waals surface area contributed by atoms with Crippen LogP contribution in [0, 0.1) is 13.8 Å². The molecule has 1 aliphatic carbocycles. The highest BCUT2D eigenvalue weighted by Gasteiger charge is 2.23. The number of carbonyl (C=O) groups is 2. The minimum atomic E-state index is -0.475. The van der Waals surface area contributed by atoms with E-state index in [1.165, 1.54) is 6.42 Å². The van der Waals surface area contributed by atoms with Crippen LogP contribution in [0.3, 0.4) is 0 Å². The molecular formula is C21H26N2O3. The molecule has 0 bridgehead atoms. The Hall–Kier alpha value is -2.43. The van der Waals surface area contributed by atoms with E-state index in [0.29, 0.717) is 5.56 Å². The molecule has 1 aliphatic rings. The third-order valence-corrected chi connectivity index (χ3v) is 5.15. The Bertz CT molecular complexity index is 825. The number of esters is 1. The van der Waals surface area contributed by atoms with Crippen LogP contribution in [0.25, 0.3) is 10.9 Å². The molecule has 1 aromatic carbocycles. The Balaban J connectivity index is 1.71. The van der Waals surface area contributed by atoms with Gasteiger partial charge in [-0.1, -0.05) is 30.9 Å². The Morgan fingerprint density at radius 1 is 1.15 bits per heavy atom. The van der Waals surface area contributed by atoms with Crippen LogP contribution in [-0.4, -0.2) is 41.5 Å². The number of nitrogens with zero attached hydrogens (tertiary/aromatic N) is 2. The Labute approximate surface area is 154 Å². The molecule has 2 aromatic rings. The molecule has 1 heterocycles. The Kier molecular flexibility index (Phi) is 5.55. The highest BCUT2D eigenvalue weighted by Crippen LogP contribution is 2.23. The number of carbonyl (C=O) groups excluding carboxylic acids is 2. The van der Waals surface area contributed by atoms with Gasteiger partial charge in [0.25, 0.3) is 5.91 Å². The molecule has 0 unspecified atom stereocenters. The van der Waals surface area contributed by atoms with Gasteiger partial charge in [-0.2, -0.15) is 0 Å². The fourth-order valence-electron chi connectivity index (χ4n) is 3.62. The van der Waals surface area contributed by atoms with E-state index < -0.39 is 5.97 Å². The van der Waals surface area contributed by atoms with Crippen LogP contribution in [0.15, 0.2) is 24.3 Å². The zero-order valence-electron chi connectivity index (χ0n) is 15.7. The second-order valence-corrected chi connectivity index (χ2v) is 7.20. The lowest BCUT2D eigenvalue weighted by Crippen LogP contribution is -2.40. The van der Waals surface area contributed by atoms with E-state index in [4.69, 9.17) is 4.74 Å². The molecule has 1 amide bonds. The number of ether oxygens (including phenoxy) is 1. The molecule has 5 nitrogen and oxygen atoms in total. The van der Waals surface area contributed by atoms with Crippen molar-refractivity contribution in [1.82, 2.24) is 9.88 Å². The van der Waals surface area contributed by atoms with Crippen molar-refractivity contribution in [2.75, 3.05) is 13.7 Å². The summed E-state index contributed by atoms with van der Waals surface area (Å²) in [6.45, 7) is 3.59. The first-order valence-corrected chi connectivity index (χ1v) is 9.26. The molecule has 1 fully saturated rings. The molecule has 0 atom stereocenters. The molecular weight excluding hydrogens is 328 g/mol. The zero-order valence-corrected chi connectivity index (χ0v) is 15.7. The summed E-state index contributed by atoms with van der Waals surface area (Å²) in [6, 6.07) is 7.78. The maximum atomic E-state index is 12.6. The van der Waals surface area contributed by atoms with Crippen molar-refractivity contribution in [3.8, 4) is 0 Å². The van der Waals surface area contributed by atoms with Crippen LogP contribution >= 0.6 is 0 Å². The molecule has 26 heavy (non-hydrogen) atoms. The van der Waals surface area contributed by atoms with E-state index in [2.05, 4.69) is 4.98 Å². The number of fused-ring (bicyclic) bond motifs is 1. The third-order valence-electron chi connectivity index (χ3n) is 5.15. The van der Waals surface area contributed by atoms with Crippen LogP contribution in [0.4, 0.5) is 0 Å². The summed E-state index contributed by atoms with van der Waals surface area (Å²) in [5.41, 5.74) is 3.02. The molecule has 0 aliphatic heterocycles. The number of pyridine rings is 1. The van der Waals surface area contributed by atoms with E-state index >= 15 is 0 Å².